The van der Waals surface area contributed by atoms with E-state index in [1.807, 2.05) is 21.0 Å². The molecule has 1 rings (SSSR count). The Kier molecular flexibility index (Phi) is 4.39. The molecule has 1 unspecified atom stereocenters. The van der Waals surface area contributed by atoms with Gasteiger partial charge in [0.15, 0.2) is 0 Å². The summed E-state index contributed by atoms with van der Waals surface area (Å²) in [5.41, 5.74) is -0.495. The normalized spacial score (nSPS) is 23.8. The first-order valence-electron chi connectivity index (χ1n) is 5.87. The average molecular weight is 199 g/mol. The molecule has 0 aliphatic heterocycles. The first-order chi connectivity index (χ1) is 6.49. The quantitative estimate of drug-likeness (QED) is 0.751. The highest BCUT2D eigenvalue weighted by Gasteiger charge is 2.26. The monoisotopic (exact) mass is 199 g/mol. The molecule has 0 aromatic heterocycles. The minimum Gasteiger partial charge on any atom is -0.389 e. The van der Waals surface area contributed by atoms with Gasteiger partial charge in [0.1, 0.15) is 0 Å². The highest BCUT2D eigenvalue weighted by atomic mass is 16.3. The van der Waals surface area contributed by atoms with Crippen LogP contribution < -0.4 is 0 Å². The largest absolute Gasteiger partial charge is 0.389 e. The standard InChI is InChI=1S/C12H25NO/c1-12(14,10-13(2)3)9-11-7-5-4-6-8-11/h11,14H,4-10H2,1-3H3. The lowest BCUT2D eigenvalue weighted by atomic mass is 9.81. The summed E-state index contributed by atoms with van der Waals surface area (Å²) in [6.45, 7) is 2.76. The molecule has 0 aromatic rings. The van der Waals surface area contributed by atoms with Crippen LogP contribution in [0.3, 0.4) is 0 Å². The summed E-state index contributed by atoms with van der Waals surface area (Å²) >= 11 is 0. The van der Waals surface area contributed by atoms with E-state index in [4.69, 9.17) is 0 Å². The van der Waals surface area contributed by atoms with Gasteiger partial charge in [0, 0.05) is 6.54 Å². The number of hydrogen-bond donors (Lipinski definition) is 1. The maximum Gasteiger partial charge on any atom is 0.0748 e. The summed E-state index contributed by atoms with van der Waals surface area (Å²) in [5, 5.41) is 10.2. The Morgan fingerprint density at radius 3 is 2.29 bits per heavy atom. The molecule has 0 aromatic carbocycles. The van der Waals surface area contributed by atoms with Gasteiger partial charge >= 0.3 is 0 Å². The molecular weight excluding hydrogens is 174 g/mol. The summed E-state index contributed by atoms with van der Waals surface area (Å²) in [5.74, 6) is 0.763. The van der Waals surface area contributed by atoms with Crippen molar-refractivity contribution in [2.45, 2.75) is 51.0 Å². The second-order valence-electron chi connectivity index (χ2n) is 5.44. The lowest BCUT2D eigenvalue weighted by Gasteiger charge is -2.32. The number of hydrogen-bond acceptors (Lipinski definition) is 2. The number of nitrogens with zero attached hydrogens (tertiary/aromatic N) is 1. The van der Waals surface area contributed by atoms with Gasteiger partial charge in [0.05, 0.1) is 5.60 Å². The molecular formula is C12H25NO. The fourth-order valence-electron chi connectivity index (χ4n) is 2.76. The zero-order chi connectivity index (χ0) is 10.6. The third-order valence-electron chi connectivity index (χ3n) is 3.11. The molecule has 0 heterocycles. The van der Waals surface area contributed by atoms with Crippen molar-refractivity contribution in [2.75, 3.05) is 20.6 Å². The average Bonchev–Trinajstić information content (AvgIpc) is 2.02. The van der Waals surface area contributed by atoms with E-state index in [1.54, 1.807) is 0 Å². The topological polar surface area (TPSA) is 23.5 Å². The zero-order valence-corrected chi connectivity index (χ0v) is 9.92. The summed E-state index contributed by atoms with van der Waals surface area (Å²) in [4.78, 5) is 2.07. The van der Waals surface area contributed by atoms with E-state index >= 15 is 0 Å². The molecule has 84 valence electrons. The van der Waals surface area contributed by atoms with Crippen LogP contribution in [0.1, 0.15) is 45.4 Å². The van der Waals surface area contributed by atoms with Gasteiger partial charge in [-0.2, -0.15) is 0 Å². The van der Waals surface area contributed by atoms with E-state index in [-0.39, 0.29) is 0 Å². The molecule has 1 aliphatic carbocycles. The highest BCUT2D eigenvalue weighted by Crippen LogP contribution is 2.30. The van der Waals surface area contributed by atoms with Crippen LogP contribution in [0.4, 0.5) is 0 Å². The Bertz CT molecular complexity index is 160. The molecule has 0 radical (unpaired) electrons. The minimum atomic E-state index is -0.495. The van der Waals surface area contributed by atoms with Gasteiger partial charge in [0.2, 0.25) is 0 Å². The van der Waals surface area contributed by atoms with E-state index in [2.05, 4.69) is 4.90 Å². The zero-order valence-electron chi connectivity index (χ0n) is 9.92. The summed E-state index contributed by atoms with van der Waals surface area (Å²) in [6, 6.07) is 0. The Balaban J connectivity index is 2.32. The molecule has 0 amide bonds. The molecule has 1 atom stereocenters. The Labute approximate surface area is 88.3 Å². The maximum absolute atomic E-state index is 10.2. The highest BCUT2D eigenvalue weighted by molar-refractivity contribution is 4.80. The van der Waals surface area contributed by atoms with Crippen molar-refractivity contribution in [3.8, 4) is 0 Å². The molecule has 14 heavy (non-hydrogen) atoms. The Morgan fingerprint density at radius 1 is 1.21 bits per heavy atom. The maximum atomic E-state index is 10.2. The molecule has 1 fully saturated rings. The van der Waals surface area contributed by atoms with E-state index in [0.29, 0.717) is 0 Å². The third-order valence-corrected chi connectivity index (χ3v) is 3.11. The van der Waals surface area contributed by atoms with Crippen LogP contribution in [0, 0.1) is 5.92 Å². The second-order valence-corrected chi connectivity index (χ2v) is 5.44. The Hall–Kier alpha value is -0.0800. The molecule has 0 spiro atoms. The van der Waals surface area contributed by atoms with E-state index in [1.165, 1.54) is 32.1 Å². The van der Waals surface area contributed by atoms with Gasteiger partial charge in [-0.25, -0.2) is 0 Å². The van der Waals surface area contributed by atoms with Crippen LogP contribution in [0.2, 0.25) is 0 Å². The summed E-state index contributed by atoms with van der Waals surface area (Å²) in [6.07, 6.45) is 7.75. The van der Waals surface area contributed by atoms with Crippen LogP contribution in [0.15, 0.2) is 0 Å². The van der Waals surface area contributed by atoms with Gasteiger partial charge in [-0.15, -0.1) is 0 Å². The van der Waals surface area contributed by atoms with E-state index in [9.17, 15) is 5.11 Å². The summed E-state index contributed by atoms with van der Waals surface area (Å²) < 4.78 is 0. The van der Waals surface area contributed by atoms with Gasteiger partial charge < -0.3 is 10.0 Å². The molecule has 1 saturated carbocycles. The molecule has 0 bridgehead atoms. The van der Waals surface area contributed by atoms with Crippen molar-refractivity contribution in [3.05, 3.63) is 0 Å². The van der Waals surface area contributed by atoms with E-state index < -0.39 is 5.60 Å². The SMILES string of the molecule is CN(C)CC(C)(O)CC1CCCCC1. The fraction of sp³-hybridized carbons (Fsp3) is 1.00. The summed E-state index contributed by atoms with van der Waals surface area (Å²) in [7, 11) is 4.05. The van der Waals surface area contributed by atoms with Crippen molar-refractivity contribution in [3.63, 3.8) is 0 Å². The van der Waals surface area contributed by atoms with Crippen LogP contribution in [-0.2, 0) is 0 Å². The molecule has 0 saturated heterocycles. The van der Waals surface area contributed by atoms with Gasteiger partial charge in [0.25, 0.3) is 0 Å². The lowest BCUT2D eigenvalue weighted by molar-refractivity contribution is 0.00598. The van der Waals surface area contributed by atoms with Crippen LogP contribution in [-0.4, -0.2) is 36.2 Å². The number of aliphatic hydroxyl groups is 1. The van der Waals surface area contributed by atoms with Crippen molar-refractivity contribution in [2.24, 2.45) is 5.92 Å². The predicted octanol–water partition coefficient (Wildman–Crippen LogP) is 2.27. The van der Waals surface area contributed by atoms with Gasteiger partial charge in [-0.3, -0.25) is 0 Å². The minimum absolute atomic E-state index is 0.495. The van der Waals surface area contributed by atoms with Crippen LogP contribution in [0.25, 0.3) is 0 Å². The second kappa shape index (κ2) is 5.13. The van der Waals surface area contributed by atoms with Gasteiger partial charge in [-0.05, 0) is 33.4 Å². The fourth-order valence-corrected chi connectivity index (χ4v) is 2.76. The number of rotatable bonds is 4. The number of likely N-dealkylation sites (N-methyl/N-ethyl adjacent to an activating group) is 1. The smallest absolute Gasteiger partial charge is 0.0748 e. The van der Waals surface area contributed by atoms with Gasteiger partial charge in [-0.1, -0.05) is 32.1 Å². The molecule has 1 aliphatic rings. The van der Waals surface area contributed by atoms with Crippen molar-refractivity contribution >= 4 is 0 Å². The molecule has 2 nitrogen and oxygen atoms in total. The Morgan fingerprint density at radius 2 is 1.79 bits per heavy atom. The van der Waals surface area contributed by atoms with Crippen LogP contribution >= 0.6 is 0 Å². The lowest BCUT2D eigenvalue weighted by Crippen LogP contribution is -2.39. The van der Waals surface area contributed by atoms with Crippen molar-refractivity contribution in [1.29, 1.82) is 0 Å². The predicted molar refractivity (Wildman–Crippen MR) is 60.4 cm³/mol. The molecule has 1 N–H and O–H groups in total. The third kappa shape index (κ3) is 4.43. The van der Waals surface area contributed by atoms with Crippen LogP contribution in [0.5, 0.6) is 0 Å². The first kappa shape index (κ1) is 12.0. The first-order valence-corrected chi connectivity index (χ1v) is 5.87. The molecule has 2 heteroatoms. The van der Waals surface area contributed by atoms with E-state index in [0.717, 1.165) is 18.9 Å². The van der Waals surface area contributed by atoms with Crippen molar-refractivity contribution < 1.29 is 5.11 Å². The van der Waals surface area contributed by atoms with Crippen molar-refractivity contribution in [1.82, 2.24) is 4.90 Å².